The third-order valence-corrected chi connectivity index (χ3v) is 5.27. The first-order valence-corrected chi connectivity index (χ1v) is 9.64. The average Bonchev–Trinajstić information content (AvgIpc) is 2.76. The number of aliphatic hydroxyl groups excluding tert-OH is 1. The second-order valence-electron chi connectivity index (χ2n) is 7.15. The highest BCUT2D eigenvalue weighted by atomic mass is 16.5. The first-order chi connectivity index (χ1) is 14.1. The first-order valence-electron chi connectivity index (χ1n) is 9.64. The molecule has 1 aliphatic heterocycles. The summed E-state index contributed by atoms with van der Waals surface area (Å²) >= 11 is 0. The lowest BCUT2D eigenvalue weighted by atomic mass is 9.88. The number of anilines is 1. The van der Waals surface area contributed by atoms with Crippen LogP contribution in [0.5, 0.6) is 5.88 Å². The van der Waals surface area contributed by atoms with Crippen LogP contribution in [0.25, 0.3) is 11.3 Å². The van der Waals surface area contributed by atoms with Crippen molar-refractivity contribution in [1.82, 2.24) is 24.8 Å². The van der Waals surface area contributed by atoms with E-state index in [1.54, 1.807) is 30.4 Å². The number of hydrogen-bond acceptors (Lipinski definition) is 9. The molecular formula is C19H24N6O4. The van der Waals surface area contributed by atoms with Gasteiger partial charge in [0.05, 0.1) is 18.9 Å². The van der Waals surface area contributed by atoms with Gasteiger partial charge in [-0.25, -0.2) is 15.0 Å². The second-order valence-corrected chi connectivity index (χ2v) is 7.15. The molecule has 0 aromatic carbocycles. The van der Waals surface area contributed by atoms with E-state index < -0.39 is 6.61 Å². The number of ether oxygens (including phenoxy) is 2. The fourth-order valence-corrected chi connectivity index (χ4v) is 3.39. The van der Waals surface area contributed by atoms with E-state index in [2.05, 4.69) is 24.8 Å². The molecule has 0 unspecified atom stereocenters. The minimum absolute atomic E-state index is 0.0405. The van der Waals surface area contributed by atoms with Crippen molar-refractivity contribution in [1.29, 1.82) is 0 Å². The summed E-state index contributed by atoms with van der Waals surface area (Å²) < 4.78 is 11.5. The Labute approximate surface area is 168 Å². The van der Waals surface area contributed by atoms with Gasteiger partial charge < -0.3 is 24.4 Å². The van der Waals surface area contributed by atoms with E-state index in [1.165, 1.54) is 6.33 Å². The van der Waals surface area contributed by atoms with E-state index in [0.29, 0.717) is 56.7 Å². The van der Waals surface area contributed by atoms with Gasteiger partial charge in [-0.1, -0.05) is 0 Å². The molecule has 4 rings (SSSR count). The number of carbonyl (C=O) groups excluding carboxylic acids is 1. The molecule has 1 aliphatic carbocycles. The zero-order valence-corrected chi connectivity index (χ0v) is 16.3. The maximum atomic E-state index is 11.6. The smallest absolute Gasteiger partial charge is 0.248 e. The first kappa shape index (κ1) is 19.5. The Morgan fingerprint density at radius 3 is 2.69 bits per heavy atom. The normalized spacial score (nSPS) is 21.4. The van der Waals surface area contributed by atoms with Crippen LogP contribution in [0.1, 0.15) is 12.8 Å². The molecular weight excluding hydrogens is 376 g/mol. The monoisotopic (exact) mass is 400 g/mol. The molecule has 10 nitrogen and oxygen atoms in total. The summed E-state index contributed by atoms with van der Waals surface area (Å²) in [6.45, 7) is 2.22. The summed E-state index contributed by atoms with van der Waals surface area (Å²) in [6, 6.07) is 1.86. The van der Waals surface area contributed by atoms with Gasteiger partial charge in [0.15, 0.2) is 0 Å². The number of amides is 1. The van der Waals surface area contributed by atoms with Crippen molar-refractivity contribution in [2.45, 2.75) is 25.0 Å². The third kappa shape index (κ3) is 4.43. The van der Waals surface area contributed by atoms with Crippen molar-refractivity contribution in [2.75, 3.05) is 44.9 Å². The third-order valence-electron chi connectivity index (χ3n) is 5.27. The highest BCUT2D eigenvalue weighted by Gasteiger charge is 2.36. The number of aliphatic hydroxyl groups is 1. The number of hydrogen-bond donors (Lipinski definition) is 1. The van der Waals surface area contributed by atoms with Gasteiger partial charge in [0.25, 0.3) is 0 Å². The second kappa shape index (κ2) is 8.66. The minimum Gasteiger partial charge on any atom is -0.474 e. The van der Waals surface area contributed by atoms with Gasteiger partial charge >= 0.3 is 0 Å². The van der Waals surface area contributed by atoms with Crippen LogP contribution in [0, 0.1) is 0 Å². The fraction of sp³-hybridized carbons (Fsp3) is 0.526. The van der Waals surface area contributed by atoms with E-state index >= 15 is 0 Å². The van der Waals surface area contributed by atoms with E-state index in [9.17, 15) is 4.79 Å². The Morgan fingerprint density at radius 1 is 1.28 bits per heavy atom. The summed E-state index contributed by atoms with van der Waals surface area (Å²) in [5.41, 5.74) is 1.48. The molecule has 2 aliphatic rings. The van der Waals surface area contributed by atoms with Crippen LogP contribution in [0.15, 0.2) is 24.8 Å². The van der Waals surface area contributed by atoms with Gasteiger partial charge in [-0.15, -0.1) is 0 Å². The van der Waals surface area contributed by atoms with Crippen LogP contribution in [-0.4, -0.2) is 88.0 Å². The predicted octanol–water partition coefficient (Wildman–Crippen LogP) is 0.131. The Balaban J connectivity index is 1.51. The Bertz CT molecular complexity index is 840. The lowest BCUT2D eigenvalue weighted by Crippen LogP contribution is -2.50. The van der Waals surface area contributed by atoms with Gasteiger partial charge in [-0.05, 0) is 0 Å². The quantitative estimate of drug-likeness (QED) is 0.723. The lowest BCUT2D eigenvalue weighted by Gasteiger charge is -2.40. The zero-order valence-electron chi connectivity index (χ0n) is 16.3. The molecule has 2 aromatic rings. The van der Waals surface area contributed by atoms with Gasteiger partial charge in [-0.2, -0.15) is 4.98 Å². The molecule has 0 spiro atoms. The Morgan fingerprint density at radius 2 is 2.00 bits per heavy atom. The van der Waals surface area contributed by atoms with Crippen LogP contribution in [0.4, 0.5) is 5.95 Å². The number of nitrogens with zero attached hydrogens (tertiary/aromatic N) is 6. The predicted molar refractivity (Wildman–Crippen MR) is 103 cm³/mol. The van der Waals surface area contributed by atoms with Gasteiger partial charge in [0.2, 0.25) is 17.7 Å². The maximum absolute atomic E-state index is 11.6. The van der Waals surface area contributed by atoms with Crippen LogP contribution < -0.4 is 9.64 Å². The van der Waals surface area contributed by atoms with E-state index in [0.717, 1.165) is 5.56 Å². The lowest BCUT2D eigenvalue weighted by molar-refractivity contribution is -0.138. The molecule has 2 aromatic heterocycles. The summed E-state index contributed by atoms with van der Waals surface area (Å²) in [5.74, 6) is 0.796. The minimum atomic E-state index is -0.476. The molecule has 10 heteroatoms. The highest BCUT2D eigenvalue weighted by Crippen LogP contribution is 2.31. The van der Waals surface area contributed by atoms with Crippen LogP contribution >= 0.6 is 0 Å². The summed E-state index contributed by atoms with van der Waals surface area (Å²) in [5, 5.41) is 9.00. The van der Waals surface area contributed by atoms with Gasteiger partial charge in [-0.3, -0.25) is 4.79 Å². The van der Waals surface area contributed by atoms with E-state index in [4.69, 9.17) is 14.6 Å². The fourth-order valence-electron chi connectivity index (χ4n) is 3.39. The molecule has 0 atom stereocenters. The zero-order chi connectivity index (χ0) is 20.2. The van der Waals surface area contributed by atoms with Crippen molar-refractivity contribution >= 4 is 11.9 Å². The molecule has 1 saturated heterocycles. The van der Waals surface area contributed by atoms with Crippen molar-refractivity contribution < 1.29 is 19.4 Å². The molecule has 0 radical (unpaired) electrons. The molecule has 0 bridgehead atoms. The SMILES string of the molecule is CN(C(=O)CO)C1CC(Oc2cc(-c3cncnc3)nc(N3CCOCC3)n2)C1. The topological polar surface area (TPSA) is 114 Å². The number of aromatic nitrogens is 4. The number of likely N-dealkylation sites (N-methyl/N-ethyl adjacent to an activating group) is 1. The molecule has 2 fully saturated rings. The summed E-state index contributed by atoms with van der Waals surface area (Å²) in [7, 11) is 1.70. The molecule has 1 saturated carbocycles. The van der Waals surface area contributed by atoms with E-state index in [-0.39, 0.29) is 18.1 Å². The number of rotatable bonds is 6. The molecule has 1 amide bonds. The Kier molecular flexibility index (Phi) is 5.81. The van der Waals surface area contributed by atoms with Crippen molar-refractivity contribution in [3.8, 4) is 17.1 Å². The van der Waals surface area contributed by atoms with Gasteiger partial charge in [0.1, 0.15) is 19.0 Å². The summed E-state index contributed by atoms with van der Waals surface area (Å²) in [4.78, 5) is 32.7. The van der Waals surface area contributed by atoms with Gasteiger partial charge in [0, 0.05) is 63.0 Å². The van der Waals surface area contributed by atoms with Crippen LogP contribution in [-0.2, 0) is 9.53 Å². The van der Waals surface area contributed by atoms with Crippen LogP contribution in [0.3, 0.4) is 0 Å². The Hall–Kier alpha value is -2.85. The number of morpholine rings is 1. The average molecular weight is 400 g/mol. The number of carbonyl (C=O) groups is 1. The van der Waals surface area contributed by atoms with Crippen molar-refractivity contribution in [2.24, 2.45) is 0 Å². The highest BCUT2D eigenvalue weighted by molar-refractivity contribution is 5.77. The molecule has 1 N–H and O–H groups in total. The largest absolute Gasteiger partial charge is 0.474 e. The molecule has 29 heavy (non-hydrogen) atoms. The molecule has 3 heterocycles. The van der Waals surface area contributed by atoms with Crippen molar-refractivity contribution in [3.05, 3.63) is 24.8 Å². The van der Waals surface area contributed by atoms with Crippen molar-refractivity contribution in [3.63, 3.8) is 0 Å². The van der Waals surface area contributed by atoms with E-state index in [1.807, 2.05) is 0 Å². The maximum Gasteiger partial charge on any atom is 0.248 e. The molecule has 154 valence electrons. The van der Waals surface area contributed by atoms with Crippen LogP contribution in [0.2, 0.25) is 0 Å². The standard InChI is InChI=1S/C19H24N6O4/c1-24(18(27)11-26)14-6-15(7-14)29-17-8-16(13-9-20-12-21-10-13)22-19(23-17)25-2-4-28-5-3-25/h8-10,12,14-15,26H,2-7,11H2,1H3. The summed E-state index contributed by atoms with van der Waals surface area (Å²) in [6.07, 6.45) is 6.24.